The average Bonchev–Trinajstić information content (AvgIpc) is 3.05. The van der Waals surface area contributed by atoms with Crippen LogP contribution in [0.5, 0.6) is 0 Å². The van der Waals surface area contributed by atoms with Crippen molar-refractivity contribution >= 4 is 43.8 Å². The van der Waals surface area contributed by atoms with E-state index < -0.39 is 6.10 Å². The first kappa shape index (κ1) is 45.9. The van der Waals surface area contributed by atoms with Gasteiger partial charge in [-0.2, -0.15) is 0 Å². The third kappa shape index (κ3) is 33.7. The van der Waals surface area contributed by atoms with Crippen molar-refractivity contribution in [3.05, 3.63) is 0 Å². The van der Waals surface area contributed by atoms with Gasteiger partial charge in [-0.15, -0.1) is 0 Å². The Morgan fingerprint density at radius 1 is 0.500 bits per heavy atom. The van der Waals surface area contributed by atoms with Gasteiger partial charge in [-0.3, -0.25) is 9.59 Å². The molecule has 0 amide bonds. The maximum atomic E-state index is 12.2. The van der Waals surface area contributed by atoms with Gasteiger partial charge in [0.1, 0.15) is 6.61 Å². The van der Waals surface area contributed by atoms with Crippen LogP contribution in [0.15, 0.2) is 0 Å². The van der Waals surface area contributed by atoms with Gasteiger partial charge in [0.05, 0.1) is 6.61 Å². The highest BCUT2D eigenvalue weighted by atomic mass is 79.9. The van der Waals surface area contributed by atoms with E-state index in [9.17, 15) is 14.7 Å². The summed E-state index contributed by atoms with van der Waals surface area (Å²) in [5.41, 5.74) is 0. The molecule has 0 aliphatic heterocycles. The molecule has 0 aliphatic rings. The normalized spacial score (nSPS) is 13.4. The fourth-order valence-corrected chi connectivity index (χ4v) is 7.19. The molecule has 3 unspecified atom stereocenters. The SMILES string of the molecule is CCCCCCC(Br)CCCCCCCCCCC(=O)OCC(CO)OC(=O)CCCCCCCCCCC(Br)CCCCCC. The van der Waals surface area contributed by atoms with Crippen molar-refractivity contribution in [2.24, 2.45) is 0 Å². The van der Waals surface area contributed by atoms with Gasteiger partial charge in [-0.1, -0.05) is 187 Å². The molecule has 0 aromatic rings. The number of rotatable bonds is 36. The van der Waals surface area contributed by atoms with Gasteiger partial charge < -0.3 is 14.6 Å². The molecule has 0 aromatic heterocycles. The summed E-state index contributed by atoms with van der Waals surface area (Å²) < 4.78 is 10.6. The van der Waals surface area contributed by atoms with Gasteiger partial charge >= 0.3 is 11.9 Å². The summed E-state index contributed by atoms with van der Waals surface area (Å²) in [6.45, 7) is 4.13. The zero-order valence-electron chi connectivity index (χ0n) is 30.2. The first-order valence-corrected chi connectivity index (χ1v) is 21.5. The second-order valence-electron chi connectivity index (χ2n) is 13.6. The molecular weight excluding hydrogens is 708 g/mol. The minimum absolute atomic E-state index is 0.0657. The lowest BCUT2D eigenvalue weighted by Crippen LogP contribution is -2.28. The van der Waals surface area contributed by atoms with Crippen molar-refractivity contribution < 1.29 is 24.2 Å². The van der Waals surface area contributed by atoms with Crippen molar-refractivity contribution in [3.8, 4) is 0 Å². The summed E-state index contributed by atoms with van der Waals surface area (Å²) in [7, 11) is 0. The van der Waals surface area contributed by atoms with Gasteiger partial charge in [0.25, 0.3) is 0 Å². The van der Waals surface area contributed by atoms with Crippen LogP contribution in [-0.4, -0.2) is 46.0 Å². The minimum Gasteiger partial charge on any atom is -0.462 e. The van der Waals surface area contributed by atoms with E-state index in [-0.39, 0.29) is 25.2 Å². The lowest BCUT2D eigenvalue weighted by molar-refractivity contribution is -0.161. The molecule has 0 heterocycles. The van der Waals surface area contributed by atoms with Gasteiger partial charge in [-0.05, 0) is 38.5 Å². The zero-order valence-corrected chi connectivity index (χ0v) is 33.4. The standard InChI is InChI=1S/C39H74Br2O5/c1-3-5-7-21-27-35(40)29-23-17-13-9-11-15-19-25-31-38(43)45-34-37(33-42)46-39(44)32-26-20-16-12-10-14-18-24-30-36(41)28-22-8-6-4-2/h35-37,42H,3-34H2,1-2H3. The molecule has 0 radical (unpaired) electrons. The third-order valence-electron chi connectivity index (χ3n) is 8.97. The van der Waals surface area contributed by atoms with Crippen LogP contribution in [0.2, 0.25) is 0 Å². The molecule has 0 bridgehead atoms. The number of carbonyl (C=O) groups excluding carboxylic acids is 2. The highest BCUT2D eigenvalue weighted by Gasteiger charge is 2.16. The summed E-state index contributed by atoms with van der Waals surface area (Å²) in [5.74, 6) is -0.591. The fraction of sp³-hybridized carbons (Fsp3) is 0.949. The lowest BCUT2D eigenvalue weighted by Gasteiger charge is -2.15. The molecule has 46 heavy (non-hydrogen) atoms. The molecule has 3 atom stereocenters. The lowest BCUT2D eigenvalue weighted by atomic mass is 10.0. The van der Waals surface area contributed by atoms with Crippen LogP contribution in [-0.2, 0) is 19.1 Å². The number of unbranched alkanes of at least 4 members (excludes halogenated alkanes) is 20. The van der Waals surface area contributed by atoms with Crippen molar-refractivity contribution in [1.82, 2.24) is 0 Å². The Hall–Kier alpha value is -0.140. The van der Waals surface area contributed by atoms with E-state index >= 15 is 0 Å². The van der Waals surface area contributed by atoms with Crippen LogP contribution in [0.4, 0.5) is 0 Å². The van der Waals surface area contributed by atoms with E-state index in [0.29, 0.717) is 22.5 Å². The summed E-state index contributed by atoms with van der Waals surface area (Å²) in [6.07, 6.45) is 34.8. The van der Waals surface area contributed by atoms with Gasteiger partial charge in [-0.25, -0.2) is 0 Å². The van der Waals surface area contributed by atoms with Crippen LogP contribution < -0.4 is 0 Å². The molecule has 7 heteroatoms. The van der Waals surface area contributed by atoms with E-state index in [1.165, 1.54) is 141 Å². The summed E-state index contributed by atoms with van der Waals surface area (Å²) in [6, 6.07) is 0. The molecule has 0 saturated carbocycles. The first-order chi connectivity index (χ1) is 22.4. The van der Waals surface area contributed by atoms with Crippen molar-refractivity contribution in [2.45, 2.75) is 222 Å². The monoisotopic (exact) mass is 780 g/mol. The van der Waals surface area contributed by atoms with Gasteiger partial charge in [0.2, 0.25) is 0 Å². The zero-order chi connectivity index (χ0) is 33.9. The molecular formula is C39H74Br2O5. The number of hydrogen-bond donors (Lipinski definition) is 1. The summed E-state index contributed by atoms with van der Waals surface area (Å²) >= 11 is 7.69. The molecule has 0 rings (SSSR count). The number of aliphatic hydroxyl groups is 1. The van der Waals surface area contributed by atoms with Crippen LogP contribution in [0.25, 0.3) is 0 Å². The molecule has 1 N–H and O–H groups in total. The smallest absolute Gasteiger partial charge is 0.306 e. The predicted molar refractivity (Wildman–Crippen MR) is 203 cm³/mol. The fourth-order valence-electron chi connectivity index (χ4n) is 5.89. The van der Waals surface area contributed by atoms with E-state index in [4.69, 9.17) is 9.47 Å². The minimum atomic E-state index is -0.771. The Bertz CT molecular complexity index is 662. The average molecular weight is 783 g/mol. The molecule has 0 aliphatic carbocycles. The van der Waals surface area contributed by atoms with Crippen LogP contribution in [0, 0.1) is 0 Å². The molecule has 0 spiro atoms. The van der Waals surface area contributed by atoms with Crippen LogP contribution in [0.3, 0.4) is 0 Å². The summed E-state index contributed by atoms with van der Waals surface area (Å²) in [5, 5.41) is 9.56. The van der Waals surface area contributed by atoms with Gasteiger partial charge in [0.15, 0.2) is 6.10 Å². The Morgan fingerprint density at radius 2 is 0.826 bits per heavy atom. The molecule has 5 nitrogen and oxygen atoms in total. The molecule has 274 valence electrons. The topological polar surface area (TPSA) is 72.8 Å². The highest BCUT2D eigenvalue weighted by Crippen LogP contribution is 2.21. The Balaban J connectivity index is 3.58. The Morgan fingerprint density at radius 3 is 1.20 bits per heavy atom. The van der Waals surface area contributed by atoms with Crippen LogP contribution >= 0.6 is 31.9 Å². The maximum absolute atomic E-state index is 12.2. The summed E-state index contributed by atoms with van der Waals surface area (Å²) in [4.78, 5) is 25.7. The van der Waals surface area contributed by atoms with Crippen molar-refractivity contribution in [1.29, 1.82) is 0 Å². The van der Waals surface area contributed by atoms with E-state index in [1.54, 1.807) is 0 Å². The maximum Gasteiger partial charge on any atom is 0.306 e. The number of hydrogen-bond acceptors (Lipinski definition) is 5. The molecule has 0 fully saturated rings. The first-order valence-electron chi connectivity index (χ1n) is 19.7. The number of esters is 2. The van der Waals surface area contributed by atoms with Crippen molar-refractivity contribution in [3.63, 3.8) is 0 Å². The second kappa shape index (κ2) is 36.1. The quantitative estimate of drug-likeness (QED) is 0.0389. The third-order valence-corrected chi connectivity index (χ3v) is 10.8. The van der Waals surface area contributed by atoms with E-state index in [0.717, 1.165) is 38.5 Å². The number of halogens is 2. The van der Waals surface area contributed by atoms with Crippen molar-refractivity contribution in [2.75, 3.05) is 13.2 Å². The predicted octanol–water partition coefficient (Wildman–Crippen LogP) is 12.7. The van der Waals surface area contributed by atoms with Crippen LogP contribution in [0.1, 0.15) is 206 Å². The Labute approximate surface area is 302 Å². The number of carbonyl (C=O) groups is 2. The molecule has 0 saturated heterocycles. The number of alkyl halides is 2. The number of aliphatic hydroxyl groups excluding tert-OH is 1. The van der Waals surface area contributed by atoms with E-state index in [1.807, 2.05) is 0 Å². The Kier molecular flexibility index (Phi) is 36.0. The molecule has 0 aromatic carbocycles. The van der Waals surface area contributed by atoms with E-state index in [2.05, 4.69) is 45.7 Å². The van der Waals surface area contributed by atoms with Gasteiger partial charge in [0, 0.05) is 22.5 Å². The largest absolute Gasteiger partial charge is 0.462 e. The second-order valence-corrected chi connectivity index (χ2v) is 16.2. The number of ether oxygens (including phenoxy) is 2. The highest BCUT2D eigenvalue weighted by molar-refractivity contribution is 9.09.